The Morgan fingerprint density at radius 1 is 1.04 bits per heavy atom. The number of benzene rings is 2. The van der Waals surface area contributed by atoms with Crippen LogP contribution in [-0.4, -0.2) is 30.9 Å². The number of carbonyl (C=O) groups is 3. The van der Waals surface area contributed by atoms with Crippen LogP contribution in [0.2, 0.25) is 10.0 Å². The molecule has 2 N–H and O–H groups in total. The number of carbonyl (C=O) groups excluding carboxylic acids is 3. The molecule has 0 spiro atoms. The molecule has 0 unspecified atom stereocenters. The molecular formula is C19H17Cl2FN2O4. The summed E-state index contributed by atoms with van der Waals surface area (Å²) in [6.07, 6.45) is -0.409. The van der Waals surface area contributed by atoms with E-state index in [1.807, 2.05) is 0 Å². The summed E-state index contributed by atoms with van der Waals surface area (Å²) in [6, 6.07) is 9.08. The molecular weight excluding hydrogens is 410 g/mol. The van der Waals surface area contributed by atoms with Crippen molar-refractivity contribution in [2.75, 3.05) is 18.5 Å². The normalized spacial score (nSPS) is 10.3. The second-order valence-electron chi connectivity index (χ2n) is 5.77. The zero-order valence-corrected chi connectivity index (χ0v) is 16.4. The Labute approximate surface area is 171 Å². The number of anilines is 1. The van der Waals surface area contributed by atoms with Crippen LogP contribution >= 0.6 is 23.2 Å². The number of ether oxygens (including phenoxy) is 1. The van der Waals surface area contributed by atoms with Crippen molar-refractivity contribution in [3.8, 4) is 0 Å². The van der Waals surface area contributed by atoms with E-state index in [0.29, 0.717) is 16.3 Å². The van der Waals surface area contributed by atoms with Gasteiger partial charge in [-0.25, -0.2) is 4.39 Å². The van der Waals surface area contributed by atoms with Crippen molar-refractivity contribution in [1.29, 1.82) is 0 Å². The fourth-order valence-electron chi connectivity index (χ4n) is 2.21. The summed E-state index contributed by atoms with van der Waals surface area (Å²) < 4.78 is 18.4. The summed E-state index contributed by atoms with van der Waals surface area (Å²) in [7, 11) is 0. The van der Waals surface area contributed by atoms with Gasteiger partial charge in [-0.2, -0.15) is 0 Å². The lowest BCUT2D eigenvalue weighted by Crippen LogP contribution is -2.35. The van der Waals surface area contributed by atoms with Gasteiger partial charge in [-0.05, 0) is 36.8 Å². The number of nitrogens with one attached hydrogen (secondary N) is 2. The quantitative estimate of drug-likeness (QED) is 0.665. The molecule has 0 heterocycles. The zero-order valence-electron chi connectivity index (χ0n) is 14.9. The number of hydrogen-bond donors (Lipinski definition) is 2. The van der Waals surface area contributed by atoms with E-state index >= 15 is 0 Å². The van der Waals surface area contributed by atoms with E-state index in [1.54, 1.807) is 25.1 Å². The van der Waals surface area contributed by atoms with Gasteiger partial charge in [-0.3, -0.25) is 14.4 Å². The second-order valence-corrected chi connectivity index (χ2v) is 6.59. The molecule has 0 saturated heterocycles. The molecule has 0 aromatic heterocycles. The van der Waals surface area contributed by atoms with Crippen molar-refractivity contribution < 1.29 is 23.5 Å². The molecule has 0 atom stereocenters. The molecule has 0 bridgehead atoms. The highest BCUT2D eigenvalue weighted by atomic mass is 35.5. The van der Waals surface area contributed by atoms with Crippen LogP contribution in [0.15, 0.2) is 36.4 Å². The molecule has 2 rings (SSSR count). The fourth-order valence-corrected chi connectivity index (χ4v) is 2.61. The summed E-state index contributed by atoms with van der Waals surface area (Å²) in [5.74, 6) is -2.60. The number of halogens is 3. The predicted molar refractivity (Wildman–Crippen MR) is 104 cm³/mol. The SMILES string of the molecule is Cc1c(Cl)cccc1NC(=O)CNC(=O)COC(=O)Cc1c(F)cccc1Cl. The molecule has 2 aromatic rings. The lowest BCUT2D eigenvalue weighted by Gasteiger charge is -2.10. The van der Waals surface area contributed by atoms with Crippen LogP contribution in [0.3, 0.4) is 0 Å². The Morgan fingerprint density at radius 3 is 2.43 bits per heavy atom. The molecule has 2 aromatic carbocycles. The van der Waals surface area contributed by atoms with Crippen molar-refractivity contribution in [1.82, 2.24) is 5.32 Å². The summed E-state index contributed by atoms with van der Waals surface area (Å²) in [6.45, 7) is 0.827. The van der Waals surface area contributed by atoms with Gasteiger partial charge in [0.2, 0.25) is 5.91 Å². The van der Waals surface area contributed by atoms with Crippen LogP contribution in [0.5, 0.6) is 0 Å². The fraction of sp³-hybridized carbons (Fsp3) is 0.211. The van der Waals surface area contributed by atoms with Crippen LogP contribution in [0.1, 0.15) is 11.1 Å². The van der Waals surface area contributed by atoms with E-state index in [9.17, 15) is 18.8 Å². The summed E-state index contributed by atoms with van der Waals surface area (Å²) in [5, 5.41) is 5.53. The second kappa shape index (κ2) is 10.1. The average Bonchev–Trinajstić information content (AvgIpc) is 2.65. The molecule has 0 radical (unpaired) electrons. The van der Waals surface area contributed by atoms with Gasteiger partial charge in [0.1, 0.15) is 5.82 Å². The maximum Gasteiger partial charge on any atom is 0.310 e. The maximum atomic E-state index is 13.6. The topological polar surface area (TPSA) is 84.5 Å². The minimum absolute atomic E-state index is 0.00848. The van der Waals surface area contributed by atoms with Crippen LogP contribution in [0.25, 0.3) is 0 Å². The summed E-state index contributed by atoms with van der Waals surface area (Å²) in [5.41, 5.74) is 1.22. The standard InChI is InChI=1S/C19H17Cl2FN2O4/c1-11-13(20)4-3-7-16(11)24-17(25)9-23-18(26)10-28-19(27)8-12-14(21)5-2-6-15(12)22/h2-7H,8-10H2,1H3,(H,23,26)(H,24,25). The first-order valence-corrected chi connectivity index (χ1v) is 8.93. The largest absolute Gasteiger partial charge is 0.455 e. The van der Waals surface area contributed by atoms with E-state index in [4.69, 9.17) is 27.9 Å². The van der Waals surface area contributed by atoms with Crippen LogP contribution in [0, 0.1) is 12.7 Å². The molecule has 28 heavy (non-hydrogen) atoms. The smallest absolute Gasteiger partial charge is 0.310 e. The van der Waals surface area contributed by atoms with Gasteiger partial charge >= 0.3 is 5.97 Å². The van der Waals surface area contributed by atoms with E-state index in [2.05, 4.69) is 10.6 Å². The molecule has 0 fully saturated rings. The van der Waals surface area contributed by atoms with Gasteiger partial charge in [0.05, 0.1) is 13.0 Å². The van der Waals surface area contributed by atoms with Gasteiger partial charge in [0.15, 0.2) is 6.61 Å². The Kier molecular flexibility index (Phi) is 7.78. The van der Waals surface area contributed by atoms with E-state index < -0.39 is 36.6 Å². The van der Waals surface area contributed by atoms with Crippen molar-refractivity contribution >= 4 is 46.7 Å². The average molecular weight is 427 g/mol. The molecule has 148 valence electrons. The highest BCUT2D eigenvalue weighted by Crippen LogP contribution is 2.22. The highest BCUT2D eigenvalue weighted by molar-refractivity contribution is 6.32. The molecule has 2 amide bonds. The molecule has 0 aliphatic carbocycles. The van der Waals surface area contributed by atoms with Gasteiger partial charge in [0.25, 0.3) is 5.91 Å². The van der Waals surface area contributed by atoms with Gasteiger partial charge in [0, 0.05) is 21.3 Å². The number of esters is 1. The maximum absolute atomic E-state index is 13.6. The lowest BCUT2D eigenvalue weighted by molar-refractivity contribution is -0.147. The molecule has 9 heteroatoms. The zero-order chi connectivity index (χ0) is 20.7. The molecule has 6 nitrogen and oxygen atoms in total. The number of hydrogen-bond acceptors (Lipinski definition) is 4. The monoisotopic (exact) mass is 426 g/mol. The van der Waals surface area contributed by atoms with E-state index in [-0.39, 0.29) is 17.1 Å². The van der Waals surface area contributed by atoms with Gasteiger partial charge in [-0.1, -0.05) is 35.3 Å². The van der Waals surface area contributed by atoms with Gasteiger partial charge < -0.3 is 15.4 Å². The highest BCUT2D eigenvalue weighted by Gasteiger charge is 2.15. The van der Waals surface area contributed by atoms with E-state index in [0.717, 1.165) is 0 Å². The van der Waals surface area contributed by atoms with Crippen molar-refractivity contribution in [2.24, 2.45) is 0 Å². The first-order valence-electron chi connectivity index (χ1n) is 8.18. The van der Waals surface area contributed by atoms with Crippen molar-refractivity contribution in [3.05, 3.63) is 63.4 Å². The third kappa shape index (κ3) is 6.21. The summed E-state index contributed by atoms with van der Waals surface area (Å²) >= 11 is 11.8. The third-order valence-electron chi connectivity index (χ3n) is 3.73. The summed E-state index contributed by atoms with van der Waals surface area (Å²) in [4.78, 5) is 35.4. The van der Waals surface area contributed by atoms with Crippen LogP contribution in [-0.2, 0) is 25.5 Å². The third-order valence-corrected chi connectivity index (χ3v) is 4.50. The van der Waals surface area contributed by atoms with E-state index in [1.165, 1.54) is 18.2 Å². The Balaban J connectivity index is 1.75. The minimum atomic E-state index is -0.818. The number of rotatable bonds is 7. The van der Waals surface area contributed by atoms with Crippen LogP contribution in [0.4, 0.5) is 10.1 Å². The van der Waals surface area contributed by atoms with Crippen molar-refractivity contribution in [2.45, 2.75) is 13.3 Å². The Morgan fingerprint density at radius 2 is 1.71 bits per heavy atom. The molecule has 0 aliphatic rings. The van der Waals surface area contributed by atoms with Gasteiger partial charge in [-0.15, -0.1) is 0 Å². The Hall–Kier alpha value is -2.64. The predicted octanol–water partition coefficient (Wildman–Crippen LogP) is 3.28. The molecule has 0 aliphatic heterocycles. The first kappa shape index (κ1) is 21.7. The lowest BCUT2D eigenvalue weighted by atomic mass is 10.1. The first-order chi connectivity index (χ1) is 13.3. The molecule has 0 saturated carbocycles. The number of amides is 2. The Bertz CT molecular complexity index is 885. The van der Waals surface area contributed by atoms with Crippen LogP contribution < -0.4 is 10.6 Å². The van der Waals surface area contributed by atoms with Crippen molar-refractivity contribution in [3.63, 3.8) is 0 Å². The minimum Gasteiger partial charge on any atom is -0.455 e.